The number of halogens is 1. The zero-order valence-corrected chi connectivity index (χ0v) is 14.6. The molecule has 1 aliphatic rings. The minimum absolute atomic E-state index is 0.0634. The van der Waals surface area contributed by atoms with Gasteiger partial charge in [-0.2, -0.15) is 0 Å². The summed E-state index contributed by atoms with van der Waals surface area (Å²) in [7, 11) is -3.45. The summed E-state index contributed by atoms with van der Waals surface area (Å²) in [6, 6.07) is 1.73. The predicted molar refractivity (Wildman–Crippen MR) is 86.3 cm³/mol. The van der Waals surface area contributed by atoms with Crippen LogP contribution in [0.15, 0.2) is 14.7 Å². The number of rotatable bonds is 4. The van der Waals surface area contributed by atoms with Crippen LogP contribution in [0.1, 0.15) is 49.8 Å². The first-order valence-electron chi connectivity index (χ1n) is 7.03. The minimum atomic E-state index is -3.45. The smallest absolute Gasteiger partial charge is 0.242 e. The summed E-state index contributed by atoms with van der Waals surface area (Å²) in [5.41, 5.74) is 5.57. The molecule has 0 spiro atoms. The summed E-state index contributed by atoms with van der Waals surface area (Å²) in [5, 5.41) is 0. The van der Waals surface area contributed by atoms with Crippen molar-refractivity contribution in [3.63, 3.8) is 0 Å². The second kappa shape index (κ2) is 7.35. The van der Waals surface area contributed by atoms with E-state index in [1.807, 2.05) is 0 Å². The first kappa shape index (κ1) is 16.4. The van der Waals surface area contributed by atoms with Gasteiger partial charge in [-0.15, -0.1) is 11.3 Å². The lowest BCUT2D eigenvalue weighted by Gasteiger charge is -2.20. The van der Waals surface area contributed by atoms with Crippen molar-refractivity contribution in [2.24, 2.45) is 5.73 Å². The molecule has 3 N–H and O–H groups in total. The fourth-order valence-electron chi connectivity index (χ4n) is 2.54. The highest BCUT2D eigenvalue weighted by Gasteiger charge is 2.24. The molecule has 1 fully saturated rings. The molecule has 1 heterocycles. The normalized spacial score (nSPS) is 18.7. The van der Waals surface area contributed by atoms with Crippen molar-refractivity contribution in [2.45, 2.75) is 62.4 Å². The van der Waals surface area contributed by atoms with Crippen molar-refractivity contribution in [3.8, 4) is 0 Å². The van der Waals surface area contributed by atoms with E-state index in [0.29, 0.717) is 15.2 Å². The summed E-state index contributed by atoms with van der Waals surface area (Å²) in [6.45, 7) is 0.363. The molecule has 4 nitrogen and oxygen atoms in total. The molecule has 0 aromatic carbocycles. The molecule has 7 heteroatoms. The lowest BCUT2D eigenvalue weighted by atomic mass is 9.97. The highest BCUT2D eigenvalue weighted by molar-refractivity contribution is 9.11. The third-order valence-electron chi connectivity index (χ3n) is 3.62. The summed E-state index contributed by atoms with van der Waals surface area (Å²) in [5.74, 6) is 0. The number of nitrogens with one attached hydrogen (secondary N) is 1. The summed E-state index contributed by atoms with van der Waals surface area (Å²) in [6.07, 6.45) is 7.76. The number of thiophene rings is 1. The first-order valence-corrected chi connectivity index (χ1v) is 10.1. The van der Waals surface area contributed by atoms with Gasteiger partial charge in [0.25, 0.3) is 0 Å². The van der Waals surface area contributed by atoms with Crippen molar-refractivity contribution in [1.29, 1.82) is 0 Å². The van der Waals surface area contributed by atoms with Gasteiger partial charge in [-0.1, -0.05) is 32.1 Å². The molecule has 0 aliphatic heterocycles. The molecule has 0 saturated heterocycles. The Kier molecular flexibility index (Phi) is 6.04. The van der Waals surface area contributed by atoms with Crippen LogP contribution in [-0.2, 0) is 16.6 Å². The zero-order chi connectivity index (χ0) is 14.6. The zero-order valence-electron chi connectivity index (χ0n) is 11.4. The van der Waals surface area contributed by atoms with Gasteiger partial charge in [-0.3, -0.25) is 0 Å². The van der Waals surface area contributed by atoms with E-state index in [2.05, 4.69) is 20.7 Å². The lowest BCUT2D eigenvalue weighted by Crippen LogP contribution is -2.35. The topological polar surface area (TPSA) is 72.2 Å². The predicted octanol–water partition coefficient (Wildman–Crippen LogP) is 3.36. The van der Waals surface area contributed by atoms with Crippen molar-refractivity contribution in [1.82, 2.24) is 4.72 Å². The van der Waals surface area contributed by atoms with Crippen LogP contribution >= 0.6 is 27.3 Å². The molecular formula is C13H21BrN2O2S2. The van der Waals surface area contributed by atoms with Gasteiger partial charge in [-0.05, 0) is 34.8 Å². The maximum absolute atomic E-state index is 12.5. The SMILES string of the molecule is NCc1cc(S(=O)(=O)NC2CCCCCCC2)c(Br)s1. The molecule has 0 amide bonds. The van der Waals surface area contributed by atoms with E-state index in [1.54, 1.807) is 6.07 Å². The monoisotopic (exact) mass is 380 g/mol. The Balaban J connectivity index is 2.10. The van der Waals surface area contributed by atoms with Crippen LogP contribution in [0.5, 0.6) is 0 Å². The molecule has 0 radical (unpaired) electrons. The Morgan fingerprint density at radius 1 is 1.25 bits per heavy atom. The standard InChI is InChI=1S/C13H21BrN2O2S2/c14-13-12(8-11(9-15)19-13)20(17,18)16-10-6-4-2-1-3-5-7-10/h8,10,16H,1-7,9,15H2. The molecule has 1 aromatic heterocycles. The molecule has 2 rings (SSSR count). The molecule has 1 saturated carbocycles. The van der Waals surface area contributed by atoms with Gasteiger partial charge in [-0.25, -0.2) is 13.1 Å². The van der Waals surface area contributed by atoms with E-state index in [4.69, 9.17) is 5.73 Å². The van der Waals surface area contributed by atoms with Crippen LogP contribution in [0.3, 0.4) is 0 Å². The van der Waals surface area contributed by atoms with E-state index in [1.165, 1.54) is 30.6 Å². The first-order chi connectivity index (χ1) is 9.53. The molecule has 20 heavy (non-hydrogen) atoms. The minimum Gasteiger partial charge on any atom is -0.326 e. The van der Waals surface area contributed by atoms with Crippen LogP contribution in [0.4, 0.5) is 0 Å². The van der Waals surface area contributed by atoms with Crippen LogP contribution in [0.25, 0.3) is 0 Å². The Morgan fingerprint density at radius 2 is 1.85 bits per heavy atom. The number of hydrogen-bond acceptors (Lipinski definition) is 4. The Labute approximate surface area is 133 Å². The highest BCUT2D eigenvalue weighted by Crippen LogP contribution is 2.32. The largest absolute Gasteiger partial charge is 0.326 e. The van der Waals surface area contributed by atoms with E-state index < -0.39 is 10.0 Å². The maximum Gasteiger partial charge on any atom is 0.242 e. The van der Waals surface area contributed by atoms with Gasteiger partial charge < -0.3 is 5.73 Å². The summed E-state index contributed by atoms with van der Waals surface area (Å²) >= 11 is 4.71. The average molecular weight is 381 g/mol. The van der Waals surface area contributed by atoms with E-state index in [0.717, 1.165) is 30.6 Å². The fraction of sp³-hybridized carbons (Fsp3) is 0.692. The highest BCUT2D eigenvalue weighted by atomic mass is 79.9. The average Bonchev–Trinajstić information content (AvgIpc) is 2.75. The molecular weight excluding hydrogens is 360 g/mol. The van der Waals surface area contributed by atoms with E-state index >= 15 is 0 Å². The Bertz CT molecular complexity index is 535. The van der Waals surface area contributed by atoms with Crippen LogP contribution in [0.2, 0.25) is 0 Å². The molecule has 1 aromatic rings. The lowest BCUT2D eigenvalue weighted by molar-refractivity contribution is 0.426. The van der Waals surface area contributed by atoms with Gasteiger partial charge in [0.05, 0.1) is 3.79 Å². The maximum atomic E-state index is 12.5. The Hall–Kier alpha value is 0.0500. The van der Waals surface area contributed by atoms with Crippen molar-refractivity contribution in [3.05, 3.63) is 14.7 Å². The Morgan fingerprint density at radius 3 is 2.40 bits per heavy atom. The number of hydrogen-bond donors (Lipinski definition) is 2. The van der Waals surface area contributed by atoms with Crippen molar-refractivity contribution >= 4 is 37.3 Å². The quantitative estimate of drug-likeness (QED) is 0.840. The molecule has 0 bridgehead atoms. The third-order valence-corrected chi connectivity index (χ3v) is 7.42. The molecule has 0 atom stereocenters. The molecule has 1 aliphatic carbocycles. The van der Waals surface area contributed by atoms with Crippen LogP contribution in [0, 0.1) is 0 Å². The third kappa shape index (κ3) is 4.27. The van der Waals surface area contributed by atoms with Gasteiger partial charge in [0.15, 0.2) is 0 Å². The van der Waals surface area contributed by atoms with E-state index in [9.17, 15) is 8.42 Å². The van der Waals surface area contributed by atoms with Crippen molar-refractivity contribution < 1.29 is 8.42 Å². The summed E-state index contributed by atoms with van der Waals surface area (Å²) < 4.78 is 28.4. The molecule has 114 valence electrons. The second-order valence-corrected chi connectivity index (χ2v) is 9.36. The molecule has 0 unspecified atom stereocenters. The number of nitrogens with two attached hydrogens (primary N) is 1. The second-order valence-electron chi connectivity index (χ2n) is 5.22. The number of sulfonamides is 1. The van der Waals surface area contributed by atoms with Crippen LogP contribution < -0.4 is 10.5 Å². The van der Waals surface area contributed by atoms with Gasteiger partial charge in [0.2, 0.25) is 10.0 Å². The van der Waals surface area contributed by atoms with Gasteiger partial charge in [0.1, 0.15) is 4.90 Å². The van der Waals surface area contributed by atoms with Crippen LogP contribution in [-0.4, -0.2) is 14.5 Å². The van der Waals surface area contributed by atoms with Crippen molar-refractivity contribution in [2.75, 3.05) is 0 Å². The van der Waals surface area contributed by atoms with E-state index in [-0.39, 0.29) is 6.04 Å². The fourth-order valence-corrected chi connectivity index (χ4v) is 6.40. The van der Waals surface area contributed by atoms with Gasteiger partial charge >= 0.3 is 0 Å². The summed E-state index contributed by atoms with van der Waals surface area (Å²) in [4.78, 5) is 1.19. The van der Waals surface area contributed by atoms with Gasteiger partial charge in [0, 0.05) is 17.5 Å².